The summed E-state index contributed by atoms with van der Waals surface area (Å²) < 4.78 is 5.90. The van der Waals surface area contributed by atoms with Crippen molar-refractivity contribution >= 4 is 0 Å². The average molecular weight is 226 g/mol. The fourth-order valence-electron chi connectivity index (χ4n) is 3.22. The Morgan fingerprint density at radius 3 is 3.00 bits per heavy atom. The Kier molecular flexibility index (Phi) is 4.62. The molecule has 2 rings (SSSR count). The molecule has 3 nitrogen and oxygen atoms in total. The molecule has 0 aromatic carbocycles. The highest BCUT2D eigenvalue weighted by Gasteiger charge is 2.34. The summed E-state index contributed by atoms with van der Waals surface area (Å²) in [5, 5.41) is 3.27. The lowest BCUT2D eigenvalue weighted by Crippen LogP contribution is -2.54. The molecule has 16 heavy (non-hydrogen) atoms. The molecule has 1 N–H and O–H groups in total. The highest BCUT2D eigenvalue weighted by Crippen LogP contribution is 2.28. The normalized spacial score (nSPS) is 33.4. The molecule has 1 saturated carbocycles. The third-order valence-electron chi connectivity index (χ3n) is 3.95. The minimum Gasteiger partial charge on any atom is -0.375 e. The standard InChI is InChI=1S/C13H26N2O/c1-11(9-14-2)10-15-7-8-16-13-6-4-3-5-12(13)15/h11-14H,3-10H2,1-2H3. The van der Waals surface area contributed by atoms with E-state index in [1.807, 2.05) is 7.05 Å². The molecule has 3 atom stereocenters. The van der Waals surface area contributed by atoms with Gasteiger partial charge in [-0.2, -0.15) is 0 Å². The fourth-order valence-corrected chi connectivity index (χ4v) is 3.22. The molecule has 3 heteroatoms. The van der Waals surface area contributed by atoms with E-state index in [1.54, 1.807) is 0 Å². The molecular weight excluding hydrogens is 200 g/mol. The van der Waals surface area contributed by atoms with E-state index in [9.17, 15) is 0 Å². The third kappa shape index (κ3) is 2.96. The molecule has 0 amide bonds. The van der Waals surface area contributed by atoms with Crippen molar-refractivity contribution in [3.05, 3.63) is 0 Å². The monoisotopic (exact) mass is 226 g/mol. The van der Waals surface area contributed by atoms with Crippen LogP contribution in [0.25, 0.3) is 0 Å². The summed E-state index contributed by atoms with van der Waals surface area (Å²) >= 11 is 0. The van der Waals surface area contributed by atoms with Gasteiger partial charge >= 0.3 is 0 Å². The molecule has 1 saturated heterocycles. The largest absolute Gasteiger partial charge is 0.375 e. The van der Waals surface area contributed by atoms with Crippen LogP contribution in [0.4, 0.5) is 0 Å². The van der Waals surface area contributed by atoms with Crippen molar-refractivity contribution in [3.8, 4) is 0 Å². The van der Waals surface area contributed by atoms with Gasteiger partial charge in [0.2, 0.25) is 0 Å². The first-order valence-electron chi connectivity index (χ1n) is 6.81. The van der Waals surface area contributed by atoms with Gasteiger partial charge in [0.25, 0.3) is 0 Å². The number of hydrogen-bond donors (Lipinski definition) is 1. The molecule has 0 aromatic rings. The van der Waals surface area contributed by atoms with Crippen LogP contribution < -0.4 is 5.32 Å². The van der Waals surface area contributed by atoms with E-state index < -0.39 is 0 Å². The van der Waals surface area contributed by atoms with Gasteiger partial charge in [0.05, 0.1) is 12.7 Å². The number of fused-ring (bicyclic) bond motifs is 1. The summed E-state index contributed by atoms with van der Waals surface area (Å²) in [4.78, 5) is 2.68. The van der Waals surface area contributed by atoms with Crippen molar-refractivity contribution in [1.82, 2.24) is 10.2 Å². The van der Waals surface area contributed by atoms with Crippen LogP contribution in [-0.2, 0) is 4.74 Å². The maximum atomic E-state index is 5.90. The van der Waals surface area contributed by atoms with Crippen molar-refractivity contribution < 1.29 is 4.74 Å². The van der Waals surface area contributed by atoms with Gasteiger partial charge in [-0.1, -0.05) is 19.8 Å². The van der Waals surface area contributed by atoms with Crippen LogP contribution in [0.1, 0.15) is 32.6 Å². The summed E-state index contributed by atoms with van der Waals surface area (Å²) in [5.41, 5.74) is 0. The lowest BCUT2D eigenvalue weighted by Gasteiger charge is -2.44. The van der Waals surface area contributed by atoms with Crippen molar-refractivity contribution in [3.63, 3.8) is 0 Å². The van der Waals surface area contributed by atoms with Gasteiger partial charge in [0.1, 0.15) is 0 Å². The fraction of sp³-hybridized carbons (Fsp3) is 1.00. The van der Waals surface area contributed by atoms with E-state index in [2.05, 4.69) is 17.1 Å². The molecule has 1 aliphatic carbocycles. The SMILES string of the molecule is CNCC(C)CN1CCOC2CCCCC21. The maximum Gasteiger partial charge on any atom is 0.0730 e. The third-order valence-corrected chi connectivity index (χ3v) is 3.95. The first-order chi connectivity index (χ1) is 7.81. The van der Waals surface area contributed by atoms with E-state index in [4.69, 9.17) is 4.74 Å². The lowest BCUT2D eigenvalue weighted by atomic mass is 9.89. The molecular formula is C13H26N2O. The molecule has 1 heterocycles. The Bertz CT molecular complexity index is 208. The number of nitrogens with zero attached hydrogens (tertiary/aromatic N) is 1. The van der Waals surface area contributed by atoms with Crippen LogP contribution in [0.15, 0.2) is 0 Å². The molecule has 0 aromatic heterocycles. The van der Waals surface area contributed by atoms with E-state index in [0.717, 1.165) is 25.6 Å². The van der Waals surface area contributed by atoms with Crippen molar-refractivity contribution in [2.45, 2.75) is 44.8 Å². The van der Waals surface area contributed by atoms with Gasteiger partial charge in [0.15, 0.2) is 0 Å². The second-order valence-electron chi connectivity index (χ2n) is 5.42. The van der Waals surface area contributed by atoms with Gasteiger partial charge in [0, 0.05) is 19.1 Å². The van der Waals surface area contributed by atoms with Crippen LogP contribution >= 0.6 is 0 Å². The average Bonchev–Trinajstić information content (AvgIpc) is 2.30. The van der Waals surface area contributed by atoms with Crippen LogP contribution in [0.2, 0.25) is 0 Å². The summed E-state index contributed by atoms with van der Waals surface area (Å²) in [5.74, 6) is 0.741. The van der Waals surface area contributed by atoms with E-state index in [0.29, 0.717) is 12.1 Å². The molecule has 2 aliphatic rings. The molecule has 0 radical (unpaired) electrons. The van der Waals surface area contributed by atoms with Gasteiger partial charge in [-0.15, -0.1) is 0 Å². The van der Waals surface area contributed by atoms with Crippen LogP contribution in [0.5, 0.6) is 0 Å². The second kappa shape index (κ2) is 5.99. The molecule has 2 fully saturated rings. The van der Waals surface area contributed by atoms with Gasteiger partial charge in [-0.25, -0.2) is 0 Å². The quantitative estimate of drug-likeness (QED) is 0.786. The van der Waals surface area contributed by atoms with Crippen molar-refractivity contribution in [1.29, 1.82) is 0 Å². The molecule has 1 aliphatic heterocycles. The Morgan fingerprint density at radius 1 is 1.38 bits per heavy atom. The van der Waals surface area contributed by atoms with Gasteiger partial charge in [-0.05, 0) is 32.4 Å². The van der Waals surface area contributed by atoms with Gasteiger partial charge < -0.3 is 10.1 Å². The number of hydrogen-bond acceptors (Lipinski definition) is 3. The number of morpholine rings is 1. The Morgan fingerprint density at radius 2 is 2.19 bits per heavy atom. The van der Waals surface area contributed by atoms with E-state index in [-0.39, 0.29) is 0 Å². The number of ether oxygens (including phenoxy) is 1. The Balaban J connectivity index is 1.87. The van der Waals surface area contributed by atoms with Crippen LogP contribution in [0.3, 0.4) is 0 Å². The zero-order valence-electron chi connectivity index (χ0n) is 10.7. The van der Waals surface area contributed by atoms with Gasteiger partial charge in [-0.3, -0.25) is 4.90 Å². The molecule has 3 unspecified atom stereocenters. The molecule has 94 valence electrons. The smallest absolute Gasteiger partial charge is 0.0730 e. The Labute approximate surface area is 99.5 Å². The van der Waals surface area contributed by atoms with Crippen molar-refractivity contribution in [2.75, 3.05) is 33.3 Å². The molecule has 0 bridgehead atoms. The number of nitrogens with one attached hydrogen (secondary N) is 1. The van der Waals surface area contributed by atoms with Crippen LogP contribution in [0, 0.1) is 5.92 Å². The summed E-state index contributed by atoms with van der Waals surface area (Å²) in [6.07, 6.45) is 5.91. The lowest BCUT2D eigenvalue weighted by molar-refractivity contribution is -0.0912. The van der Waals surface area contributed by atoms with E-state index in [1.165, 1.54) is 32.2 Å². The second-order valence-corrected chi connectivity index (χ2v) is 5.42. The molecule has 0 spiro atoms. The zero-order valence-corrected chi connectivity index (χ0v) is 10.7. The van der Waals surface area contributed by atoms with Crippen LogP contribution in [-0.4, -0.2) is 50.3 Å². The Hall–Kier alpha value is -0.120. The first-order valence-corrected chi connectivity index (χ1v) is 6.81. The predicted octanol–water partition coefficient (Wildman–Crippen LogP) is 1.49. The maximum absolute atomic E-state index is 5.90. The summed E-state index contributed by atoms with van der Waals surface area (Å²) in [6, 6.07) is 0.710. The zero-order chi connectivity index (χ0) is 11.4. The number of rotatable bonds is 4. The topological polar surface area (TPSA) is 24.5 Å². The summed E-state index contributed by atoms with van der Waals surface area (Å²) in [7, 11) is 2.04. The predicted molar refractivity (Wildman–Crippen MR) is 66.7 cm³/mol. The highest BCUT2D eigenvalue weighted by atomic mass is 16.5. The highest BCUT2D eigenvalue weighted by molar-refractivity contribution is 4.87. The minimum atomic E-state index is 0.532. The van der Waals surface area contributed by atoms with E-state index >= 15 is 0 Å². The van der Waals surface area contributed by atoms with Crippen molar-refractivity contribution in [2.24, 2.45) is 5.92 Å². The summed E-state index contributed by atoms with van der Waals surface area (Å²) in [6.45, 7) is 6.76. The first kappa shape index (κ1) is 12.3. The minimum absolute atomic E-state index is 0.532.